The average molecular weight is 463 g/mol. The molecule has 4 aromatic rings. The van der Waals surface area contributed by atoms with E-state index < -0.39 is 23.4 Å². The molecule has 172 valence electrons. The van der Waals surface area contributed by atoms with Gasteiger partial charge < -0.3 is 9.47 Å². The molecule has 3 aromatic carbocycles. The second kappa shape index (κ2) is 10.2. The minimum Gasteiger partial charge on any atom is -0.489 e. The van der Waals surface area contributed by atoms with Crippen LogP contribution in [0.5, 0.6) is 5.75 Å². The molecule has 0 aliphatic heterocycles. The zero-order valence-electron chi connectivity index (χ0n) is 18.2. The summed E-state index contributed by atoms with van der Waals surface area (Å²) in [5.74, 6) is -2.50. The number of carbonyl (C=O) groups is 1. The van der Waals surface area contributed by atoms with E-state index in [2.05, 4.69) is 4.98 Å². The molecule has 34 heavy (non-hydrogen) atoms. The smallest absolute Gasteiger partial charge is 0.338 e. The monoisotopic (exact) mass is 463 g/mol. The Kier molecular flexibility index (Phi) is 6.92. The van der Waals surface area contributed by atoms with Gasteiger partial charge in [-0.1, -0.05) is 30.3 Å². The van der Waals surface area contributed by atoms with Crippen molar-refractivity contribution in [1.82, 2.24) is 4.98 Å². The van der Waals surface area contributed by atoms with Crippen LogP contribution in [0.3, 0.4) is 0 Å². The standard InChI is InChI=1S/C27H20F3NO3/c1-2-33-27(32)21-4-3-5-23(28)22(21)16-34-20-12-7-17(8-13-20)6-10-19-11-9-18-14-24(29)25(30)15-26(18)31-19/h3-15H,2,16H2,1H3/b10-6+. The van der Waals surface area contributed by atoms with Crippen molar-refractivity contribution in [2.24, 2.45) is 0 Å². The molecule has 0 aliphatic rings. The molecular formula is C27H20F3NO3. The second-order valence-corrected chi connectivity index (χ2v) is 7.37. The third-order valence-electron chi connectivity index (χ3n) is 5.08. The number of fused-ring (bicyclic) bond motifs is 1. The summed E-state index contributed by atoms with van der Waals surface area (Å²) in [6.07, 6.45) is 3.56. The molecule has 1 heterocycles. The van der Waals surface area contributed by atoms with E-state index in [0.717, 1.165) is 17.7 Å². The first-order chi connectivity index (χ1) is 16.4. The van der Waals surface area contributed by atoms with Crippen molar-refractivity contribution >= 4 is 29.0 Å². The third-order valence-corrected chi connectivity index (χ3v) is 5.08. The SMILES string of the molecule is CCOC(=O)c1cccc(F)c1COc1ccc(/C=C/c2ccc3cc(F)c(F)cc3n2)cc1. The van der Waals surface area contributed by atoms with Gasteiger partial charge in [0.05, 0.1) is 23.4 Å². The maximum absolute atomic E-state index is 14.3. The topological polar surface area (TPSA) is 48.4 Å². The fraction of sp³-hybridized carbons (Fsp3) is 0.111. The molecule has 4 rings (SSSR count). The molecule has 0 saturated heterocycles. The third kappa shape index (κ3) is 5.26. The molecule has 7 heteroatoms. The lowest BCUT2D eigenvalue weighted by Crippen LogP contribution is -2.11. The Labute approximate surface area is 194 Å². The fourth-order valence-electron chi connectivity index (χ4n) is 3.34. The number of esters is 1. The van der Waals surface area contributed by atoms with Crippen LogP contribution in [-0.2, 0) is 11.3 Å². The first kappa shape index (κ1) is 23.0. The van der Waals surface area contributed by atoms with E-state index in [1.807, 2.05) is 6.08 Å². The number of ether oxygens (including phenoxy) is 2. The van der Waals surface area contributed by atoms with Crippen LogP contribution in [0.25, 0.3) is 23.1 Å². The van der Waals surface area contributed by atoms with Crippen LogP contribution in [0.15, 0.2) is 66.7 Å². The average Bonchev–Trinajstić information content (AvgIpc) is 2.83. The van der Waals surface area contributed by atoms with Crippen molar-refractivity contribution in [2.75, 3.05) is 6.61 Å². The Bertz CT molecular complexity index is 1370. The zero-order chi connectivity index (χ0) is 24.1. The van der Waals surface area contributed by atoms with Gasteiger partial charge in [-0.3, -0.25) is 0 Å². The van der Waals surface area contributed by atoms with Crippen molar-refractivity contribution in [3.63, 3.8) is 0 Å². The number of halogens is 3. The van der Waals surface area contributed by atoms with Crippen molar-refractivity contribution in [3.05, 3.63) is 107 Å². The van der Waals surface area contributed by atoms with E-state index in [0.29, 0.717) is 22.3 Å². The number of carbonyl (C=O) groups excluding carboxylic acids is 1. The van der Waals surface area contributed by atoms with Gasteiger partial charge in [0.15, 0.2) is 11.6 Å². The normalized spacial score (nSPS) is 11.2. The second-order valence-electron chi connectivity index (χ2n) is 7.37. The number of aromatic nitrogens is 1. The first-order valence-electron chi connectivity index (χ1n) is 10.6. The molecule has 0 saturated carbocycles. The number of pyridine rings is 1. The van der Waals surface area contributed by atoms with Gasteiger partial charge in [0.25, 0.3) is 0 Å². The zero-order valence-corrected chi connectivity index (χ0v) is 18.2. The minimum atomic E-state index is -0.943. The van der Waals surface area contributed by atoms with Crippen molar-refractivity contribution in [3.8, 4) is 5.75 Å². The molecule has 0 aliphatic carbocycles. The molecule has 0 unspecified atom stereocenters. The van der Waals surface area contributed by atoms with Crippen LogP contribution >= 0.6 is 0 Å². The summed E-state index contributed by atoms with van der Waals surface area (Å²) in [7, 11) is 0. The van der Waals surface area contributed by atoms with Crippen LogP contribution in [0.1, 0.15) is 34.1 Å². The maximum Gasteiger partial charge on any atom is 0.338 e. The van der Waals surface area contributed by atoms with Crippen LogP contribution in [-0.4, -0.2) is 17.6 Å². The predicted octanol–water partition coefficient (Wildman–Crippen LogP) is 6.58. The van der Waals surface area contributed by atoms with Crippen LogP contribution in [0.2, 0.25) is 0 Å². The lowest BCUT2D eigenvalue weighted by Gasteiger charge is -2.11. The largest absolute Gasteiger partial charge is 0.489 e. The lowest BCUT2D eigenvalue weighted by molar-refractivity contribution is 0.0522. The van der Waals surface area contributed by atoms with Gasteiger partial charge in [-0.25, -0.2) is 22.9 Å². The molecular weight excluding hydrogens is 443 g/mol. The Balaban J connectivity index is 1.44. The number of hydrogen-bond acceptors (Lipinski definition) is 4. The van der Waals surface area contributed by atoms with E-state index in [4.69, 9.17) is 9.47 Å². The van der Waals surface area contributed by atoms with Gasteiger partial charge in [-0.15, -0.1) is 0 Å². The summed E-state index contributed by atoms with van der Waals surface area (Å²) in [5.41, 5.74) is 2.05. The van der Waals surface area contributed by atoms with Gasteiger partial charge in [-0.05, 0) is 55.0 Å². The summed E-state index contributed by atoms with van der Waals surface area (Å²) in [5, 5.41) is 0.513. The highest BCUT2D eigenvalue weighted by molar-refractivity contribution is 5.91. The summed E-state index contributed by atoms with van der Waals surface area (Å²) in [6.45, 7) is 1.74. The maximum atomic E-state index is 14.3. The molecule has 0 atom stereocenters. The molecule has 0 fully saturated rings. The van der Waals surface area contributed by atoms with Crippen molar-refractivity contribution in [2.45, 2.75) is 13.5 Å². The van der Waals surface area contributed by atoms with Gasteiger partial charge in [-0.2, -0.15) is 0 Å². The van der Waals surface area contributed by atoms with Crippen LogP contribution in [0, 0.1) is 17.5 Å². The number of benzene rings is 3. The molecule has 0 N–H and O–H groups in total. The van der Waals surface area contributed by atoms with Gasteiger partial charge in [0.1, 0.15) is 18.2 Å². The highest BCUT2D eigenvalue weighted by atomic mass is 19.2. The van der Waals surface area contributed by atoms with Gasteiger partial charge in [0.2, 0.25) is 0 Å². The molecule has 1 aromatic heterocycles. The summed E-state index contributed by atoms with van der Waals surface area (Å²) >= 11 is 0. The fourth-order valence-corrected chi connectivity index (χ4v) is 3.34. The van der Waals surface area contributed by atoms with E-state index in [-0.39, 0.29) is 24.3 Å². The van der Waals surface area contributed by atoms with Crippen LogP contribution in [0.4, 0.5) is 13.2 Å². The van der Waals surface area contributed by atoms with E-state index >= 15 is 0 Å². The highest BCUT2D eigenvalue weighted by Crippen LogP contribution is 2.21. The van der Waals surface area contributed by atoms with Gasteiger partial charge in [0, 0.05) is 17.0 Å². The lowest BCUT2D eigenvalue weighted by atomic mass is 10.1. The Morgan fingerprint density at radius 2 is 1.68 bits per heavy atom. The highest BCUT2D eigenvalue weighted by Gasteiger charge is 2.16. The van der Waals surface area contributed by atoms with Crippen molar-refractivity contribution < 1.29 is 27.4 Å². The predicted molar refractivity (Wildman–Crippen MR) is 124 cm³/mol. The molecule has 0 radical (unpaired) electrons. The molecule has 0 spiro atoms. The van der Waals surface area contributed by atoms with E-state index in [1.54, 1.807) is 49.4 Å². The number of nitrogens with zero attached hydrogens (tertiary/aromatic N) is 1. The Hall–Kier alpha value is -4.13. The quantitative estimate of drug-likeness (QED) is 0.291. The number of hydrogen-bond donors (Lipinski definition) is 0. The first-order valence-corrected chi connectivity index (χ1v) is 10.6. The van der Waals surface area contributed by atoms with E-state index in [1.165, 1.54) is 18.2 Å². The summed E-state index contributed by atoms with van der Waals surface area (Å²) < 4.78 is 51.7. The number of rotatable bonds is 7. The molecule has 0 amide bonds. The van der Waals surface area contributed by atoms with E-state index in [9.17, 15) is 18.0 Å². The Morgan fingerprint density at radius 3 is 2.44 bits per heavy atom. The Morgan fingerprint density at radius 1 is 0.912 bits per heavy atom. The molecule has 0 bridgehead atoms. The van der Waals surface area contributed by atoms with Crippen molar-refractivity contribution in [1.29, 1.82) is 0 Å². The molecule has 4 nitrogen and oxygen atoms in total. The summed E-state index contributed by atoms with van der Waals surface area (Å²) in [4.78, 5) is 16.4. The van der Waals surface area contributed by atoms with Crippen LogP contribution < -0.4 is 4.74 Å². The summed E-state index contributed by atoms with van der Waals surface area (Å²) in [6, 6.07) is 16.8. The minimum absolute atomic E-state index is 0.128. The van der Waals surface area contributed by atoms with Gasteiger partial charge >= 0.3 is 5.97 Å².